The fourth-order valence-corrected chi connectivity index (χ4v) is 1.56. The van der Waals surface area contributed by atoms with Crippen molar-refractivity contribution in [2.24, 2.45) is 0 Å². The SMILES string of the molecule is CCC(=O)Oc1cccc2c(=O)[nH]c(Cl)nc12. The van der Waals surface area contributed by atoms with Crippen molar-refractivity contribution in [2.45, 2.75) is 13.3 Å². The number of para-hydroxylation sites is 1. The summed E-state index contributed by atoms with van der Waals surface area (Å²) in [7, 11) is 0. The van der Waals surface area contributed by atoms with Crippen molar-refractivity contribution in [1.29, 1.82) is 0 Å². The smallest absolute Gasteiger partial charge is 0.310 e. The minimum Gasteiger partial charge on any atom is -0.424 e. The Balaban J connectivity index is 2.64. The summed E-state index contributed by atoms with van der Waals surface area (Å²) in [6.45, 7) is 1.68. The number of rotatable bonds is 2. The van der Waals surface area contributed by atoms with Crippen molar-refractivity contribution >= 4 is 28.5 Å². The Labute approximate surface area is 101 Å². The fourth-order valence-electron chi connectivity index (χ4n) is 1.39. The number of hydrogen-bond donors (Lipinski definition) is 1. The number of halogens is 1. The molecule has 88 valence electrons. The molecule has 0 saturated heterocycles. The fraction of sp³-hybridized carbons (Fsp3) is 0.182. The minimum atomic E-state index is -0.393. The Kier molecular flexibility index (Phi) is 3.10. The van der Waals surface area contributed by atoms with Crippen molar-refractivity contribution in [3.05, 3.63) is 33.8 Å². The Hall–Kier alpha value is -1.88. The van der Waals surface area contributed by atoms with Gasteiger partial charge < -0.3 is 4.74 Å². The zero-order valence-electron chi connectivity index (χ0n) is 8.99. The van der Waals surface area contributed by atoms with E-state index >= 15 is 0 Å². The maximum atomic E-state index is 11.6. The second-order valence-electron chi connectivity index (χ2n) is 3.34. The number of benzene rings is 1. The van der Waals surface area contributed by atoms with E-state index in [-0.39, 0.29) is 28.5 Å². The third-order valence-corrected chi connectivity index (χ3v) is 2.36. The predicted octanol–water partition coefficient (Wildman–Crippen LogP) is 1.89. The molecule has 1 aromatic carbocycles. The molecule has 0 aliphatic rings. The summed E-state index contributed by atoms with van der Waals surface area (Å²) in [4.78, 5) is 29.1. The molecule has 0 amide bonds. The maximum absolute atomic E-state index is 11.6. The highest BCUT2D eigenvalue weighted by Crippen LogP contribution is 2.22. The molecule has 1 heterocycles. The number of aromatic amines is 1. The normalized spacial score (nSPS) is 10.5. The van der Waals surface area contributed by atoms with Gasteiger partial charge in [0, 0.05) is 6.42 Å². The number of esters is 1. The monoisotopic (exact) mass is 252 g/mol. The number of carbonyl (C=O) groups is 1. The van der Waals surface area contributed by atoms with Crippen LogP contribution in [0.3, 0.4) is 0 Å². The molecule has 0 atom stereocenters. The molecule has 2 aromatic rings. The van der Waals surface area contributed by atoms with E-state index in [4.69, 9.17) is 16.3 Å². The molecule has 17 heavy (non-hydrogen) atoms. The average Bonchev–Trinajstić information content (AvgIpc) is 2.30. The van der Waals surface area contributed by atoms with Gasteiger partial charge in [0.1, 0.15) is 5.52 Å². The van der Waals surface area contributed by atoms with Crippen LogP contribution in [0.2, 0.25) is 5.28 Å². The lowest BCUT2D eigenvalue weighted by Crippen LogP contribution is -2.11. The highest BCUT2D eigenvalue weighted by atomic mass is 35.5. The third-order valence-electron chi connectivity index (χ3n) is 2.18. The molecule has 1 aromatic heterocycles. The van der Waals surface area contributed by atoms with Gasteiger partial charge in [0.05, 0.1) is 5.39 Å². The molecule has 0 spiro atoms. The van der Waals surface area contributed by atoms with Crippen molar-refractivity contribution in [2.75, 3.05) is 0 Å². The Morgan fingerprint density at radius 1 is 1.53 bits per heavy atom. The molecule has 0 radical (unpaired) electrons. The van der Waals surface area contributed by atoms with Crippen LogP contribution in [0.1, 0.15) is 13.3 Å². The van der Waals surface area contributed by atoms with E-state index in [2.05, 4.69) is 9.97 Å². The number of ether oxygens (including phenoxy) is 1. The van der Waals surface area contributed by atoms with E-state index in [1.807, 2.05) is 0 Å². The first kappa shape index (κ1) is 11.6. The summed E-state index contributed by atoms with van der Waals surface area (Å²) >= 11 is 5.66. The molecule has 0 aliphatic heterocycles. The highest BCUT2D eigenvalue weighted by molar-refractivity contribution is 6.28. The molecular weight excluding hydrogens is 244 g/mol. The summed E-state index contributed by atoms with van der Waals surface area (Å²) in [5.41, 5.74) is -0.0857. The van der Waals surface area contributed by atoms with Crippen LogP contribution in [0.15, 0.2) is 23.0 Å². The van der Waals surface area contributed by atoms with Gasteiger partial charge in [-0.2, -0.15) is 0 Å². The standard InChI is InChI=1S/C11H9ClN2O3/c1-2-8(15)17-7-5-3-4-6-9(7)13-11(12)14-10(6)16/h3-5H,2H2,1H3,(H,13,14,16). The van der Waals surface area contributed by atoms with Crippen LogP contribution in [0.4, 0.5) is 0 Å². The van der Waals surface area contributed by atoms with E-state index in [1.165, 1.54) is 0 Å². The van der Waals surface area contributed by atoms with Crippen LogP contribution in [0, 0.1) is 0 Å². The first-order valence-electron chi connectivity index (χ1n) is 5.01. The van der Waals surface area contributed by atoms with Gasteiger partial charge in [-0.25, -0.2) is 4.98 Å². The summed E-state index contributed by atoms with van der Waals surface area (Å²) in [6.07, 6.45) is 0.243. The van der Waals surface area contributed by atoms with E-state index in [9.17, 15) is 9.59 Å². The van der Waals surface area contributed by atoms with Crippen LogP contribution in [0.25, 0.3) is 10.9 Å². The quantitative estimate of drug-likeness (QED) is 0.503. The van der Waals surface area contributed by atoms with Crippen LogP contribution in [0.5, 0.6) is 5.75 Å². The van der Waals surface area contributed by atoms with Gasteiger partial charge in [-0.05, 0) is 23.7 Å². The molecular formula is C11H9ClN2O3. The second-order valence-corrected chi connectivity index (χ2v) is 3.69. The summed E-state index contributed by atoms with van der Waals surface area (Å²) in [5, 5.41) is 0.290. The molecule has 6 heteroatoms. The highest BCUT2D eigenvalue weighted by Gasteiger charge is 2.10. The van der Waals surface area contributed by atoms with Gasteiger partial charge in [-0.1, -0.05) is 13.0 Å². The van der Waals surface area contributed by atoms with Crippen LogP contribution in [-0.4, -0.2) is 15.9 Å². The van der Waals surface area contributed by atoms with Crippen molar-refractivity contribution in [1.82, 2.24) is 9.97 Å². The van der Waals surface area contributed by atoms with Crippen molar-refractivity contribution in [3.63, 3.8) is 0 Å². The molecule has 0 bridgehead atoms. The van der Waals surface area contributed by atoms with Gasteiger partial charge in [-0.15, -0.1) is 0 Å². The summed E-state index contributed by atoms with van der Waals surface area (Å²) in [6, 6.07) is 4.77. The van der Waals surface area contributed by atoms with Gasteiger partial charge in [0.2, 0.25) is 5.28 Å². The molecule has 1 N–H and O–H groups in total. The lowest BCUT2D eigenvalue weighted by molar-refractivity contribution is -0.133. The summed E-state index contributed by atoms with van der Waals surface area (Å²) < 4.78 is 5.07. The summed E-state index contributed by atoms with van der Waals surface area (Å²) in [5.74, 6) is -0.155. The molecule has 2 rings (SSSR count). The van der Waals surface area contributed by atoms with E-state index in [0.717, 1.165) is 0 Å². The minimum absolute atomic E-state index is 0.0394. The number of nitrogens with zero attached hydrogens (tertiary/aromatic N) is 1. The van der Waals surface area contributed by atoms with Crippen LogP contribution < -0.4 is 10.3 Å². The largest absolute Gasteiger partial charge is 0.424 e. The van der Waals surface area contributed by atoms with Gasteiger partial charge in [0.15, 0.2) is 5.75 Å². The zero-order valence-corrected chi connectivity index (χ0v) is 9.75. The van der Waals surface area contributed by atoms with Crippen LogP contribution in [-0.2, 0) is 4.79 Å². The van der Waals surface area contributed by atoms with Gasteiger partial charge >= 0.3 is 5.97 Å². The second kappa shape index (κ2) is 4.55. The number of carbonyl (C=O) groups excluding carboxylic acids is 1. The topological polar surface area (TPSA) is 72.1 Å². The first-order valence-corrected chi connectivity index (χ1v) is 5.39. The van der Waals surface area contributed by atoms with Gasteiger partial charge in [0.25, 0.3) is 5.56 Å². The number of hydrogen-bond acceptors (Lipinski definition) is 4. The lowest BCUT2D eigenvalue weighted by atomic mass is 10.2. The number of aromatic nitrogens is 2. The molecule has 5 nitrogen and oxygen atoms in total. The van der Waals surface area contributed by atoms with Gasteiger partial charge in [-0.3, -0.25) is 14.6 Å². The Morgan fingerprint density at radius 3 is 3.00 bits per heavy atom. The van der Waals surface area contributed by atoms with E-state index < -0.39 is 5.97 Å². The van der Waals surface area contributed by atoms with Crippen molar-refractivity contribution in [3.8, 4) is 5.75 Å². The Bertz CT molecular complexity index is 636. The molecule has 0 saturated carbocycles. The van der Waals surface area contributed by atoms with E-state index in [1.54, 1.807) is 25.1 Å². The maximum Gasteiger partial charge on any atom is 0.310 e. The average molecular weight is 253 g/mol. The third kappa shape index (κ3) is 2.29. The molecule has 0 fully saturated rings. The number of fused-ring (bicyclic) bond motifs is 1. The first-order chi connectivity index (χ1) is 8.11. The van der Waals surface area contributed by atoms with E-state index in [0.29, 0.717) is 5.39 Å². The molecule has 0 aliphatic carbocycles. The van der Waals surface area contributed by atoms with Crippen LogP contribution >= 0.6 is 11.6 Å². The van der Waals surface area contributed by atoms with Crippen molar-refractivity contribution < 1.29 is 9.53 Å². The number of H-pyrrole nitrogens is 1. The predicted molar refractivity (Wildman–Crippen MR) is 63.3 cm³/mol. The lowest BCUT2D eigenvalue weighted by Gasteiger charge is -2.05. The Morgan fingerprint density at radius 2 is 2.29 bits per heavy atom. The number of nitrogens with one attached hydrogen (secondary N) is 1. The molecule has 0 unspecified atom stereocenters. The zero-order chi connectivity index (χ0) is 12.4.